The molecule has 1 aliphatic rings. The molecule has 2 aromatic carbocycles. The van der Waals surface area contributed by atoms with Crippen molar-refractivity contribution in [2.45, 2.75) is 44.7 Å². The minimum absolute atomic E-state index is 0.376. The molecule has 3 N–H and O–H groups in total. The molecule has 0 saturated heterocycles. The van der Waals surface area contributed by atoms with Gasteiger partial charge in [-0.2, -0.15) is 0 Å². The number of aliphatic carboxylic acids is 2. The molecule has 0 aromatic heterocycles. The average Bonchev–Trinajstić information content (AvgIpc) is 2.84. The molecule has 9 nitrogen and oxygen atoms in total. The molecule has 192 valence electrons. The molecule has 0 amide bonds. The van der Waals surface area contributed by atoms with Crippen molar-refractivity contribution in [1.29, 1.82) is 0 Å². The predicted octanol–water partition coefficient (Wildman–Crippen LogP) is 2.41. The fourth-order valence-electron chi connectivity index (χ4n) is 3.87. The molecule has 0 bridgehead atoms. The van der Waals surface area contributed by atoms with Gasteiger partial charge in [0.05, 0.1) is 4.90 Å². The summed E-state index contributed by atoms with van der Waals surface area (Å²) in [5, 5.41) is 14.8. The number of nitrogens with zero attached hydrogens (tertiary/aromatic N) is 2. The predicted molar refractivity (Wildman–Crippen MR) is 134 cm³/mol. The highest BCUT2D eigenvalue weighted by molar-refractivity contribution is 7.89. The lowest BCUT2D eigenvalue weighted by Gasteiger charge is -2.29. The van der Waals surface area contributed by atoms with Gasteiger partial charge >= 0.3 is 11.9 Å². The second-order valence-electron chi connectivity index (χ2n) is 8.27. The van der Waals surface area contributed by atoms with E-state index in [1.165, 1.54) is 11.1 Å². The Morgan fingerprint density at radius 1 is 1.00 bits per heavy atom. The van der Waals surface area contributed by atoms with Crippen LogP contribution in [0.1, 0.15) is 37.0 Å². The summed E-state index contributed by atoms with van der Waals surface area (Å²) in [6.45, 7) is 10.3. The zero-order chi connectivity index (χ0) is 25.8. The van der Waals surface area contributed by atoms with Crippen LogP contribution < -0.4 is 4.72 Å². The van der Waals surface area contributed by atoms with Crippen LogP contribution in [0.4, 0.5) is 0 Å². The Hall–Kier alpha value is -2.79. The van der Waals surface area contributed by atoms with Crippen LogP contribution in [0.15, 0.2) is 53.4 Å². The second-order valence-corrected chi connectivity index (χ2v) is 10.0. The molecule has 0 radical (unpaired) electrons. The van der Waals surface area contributed by atoms with E-state index < -0.39 is 22.0 Å². The number of carboxylic acids is 2. The largest absolute Gasteiger partial charge is 0.473 e. The summed E-state index contributed by atoms with van der Waals surface area (Å²) >= 11 is 0. The number of nitrogens with one attached hydrogen (secondary N) is 1. The van der Waals surface area contributed by atoms with Gasteiger partial charge in [-0.1, -0.05) is 50.2 Å². The summed E-state index contributed by atoms with van der Waals surface area (Å²) in [6.07, 6.45) is 1.77. The zero-order valence-electron chi connectivity index (χ0n) is 20.3. The molecule has 0 spiro atoms. The smallest absolute Gasteiger partial charge is 0.414 e. The number of benzene rings is 2. The van der Waals surface area contributed by atoms with Crippen molar-refractivity contribution in [2.24, 2.45) is 0 Å². The van der Waals surface area contributed by atoms with Crippen LogP contribution in [-0.2, 0) is 39.1 Å². The second kappa shape index (κ2) is 13.9. The molecule has 0 unspecified atom stereocenters. The Bertz CT molecular complexity index is 1060. The highest BCUT2D eigenvalue weighted by Crippen LogP contribution is 2.23. The van der Waals surface area contributed by atoms with Crippen molar-refractivity contribution < 1.29 is 28.2 Å². The molecule has 10 heteroatoms. The molecular weight excluding hydrogens is 470 g/mol. The Balaban J connectivity index is 0.000000641. The summed E-state index contributed by atoms with van der Waals surface area (Å²) < 4.78 is 28.2. The first-order valence-corrected chi connectivity index (χ1v) is 13.2. The normalized spacial score (nSPS) is 13.6. The summed E-state index contributed by atoms with van der Waals surface area (Å²) in [5.41, 5.74) is 3.67. The van der Waals surface area contributed by atoms with Crippen LogP contribution in [-0.4, -0.2) is 73.1 Å². The van der Waals surface area contributed by atoms with E-state index in [1.807, 2.05) is 18.2 Å². The van der Waals surface area contributed by atoms with E-state index in [4.69, 9.17) is 19.8 Å². The number of rotatable bonds is 10. The van der Waals surface area contributed by atoms with Crippen molar-refractivity contribution in [3.8, 4) is 0 Å². The van der Waals surface area contributed by atoms with E-state index in [9.17, 15) is 8.42 Å². The SMILES string of the molecule is CCN(CC)CCCNS(=O)(=O)c1ccc2c(c1)CN(Cc1ccccc1)CC2.O=C(O)C(=O)O. The van der Waals surface area contributed by atoms with Gasteiger partial charge in [0.15, 0.2) is 0 Å². The van der Waals surface area contributed by atoms with Crippen molar-refractivity contribution >= 4 is 22.0 Å². The van der Waals surface area contributed by atoms with Gasteiger partial charge in [-0.3, -0.25) is 4.90 Å². The van der Waals surface area contributed by atoms with Gasteiger partial charge in [0.1, 0.15) is 0 Å². The van der Waals surface area contributed by atoms with E-state index in [2.05, 4.69) is 52.6 Å². The van der Waals surface area contributed by atoms with Crippen molar-refractivity contribution in [3.63, 3.8) is 0 Å². The third-order valence-corrected chi connectivity index (χ3v) is 7.31. The maximum absolute atomic E-state index is 12.7. The van der Waals surface area contributed by atoms with Crippen molar-refractivity contribution in [2.75, 3.05) is 32.7 Å². The number of hydrogen-bond acceptors (Lipinski definition) is 6. The van der Waals surface area contributed by atoms with Crippen LogP contribution >= 0.6 is 0 Å². The minimum atomic E-state index is -3.47. The Morgan fingerprint density at radius 3 is 2.26 bits per heavy atom. The van der Waals surface area contributed by atoms with Crippen LogP contribution in [0.2, 0.25) is 0 Å². The lowest BCUT2D eigenvalue weighted by molar-refractivity contribution is -0.159. The van der Waals surface area contributed by atoms with Crippen LogP contribution in [0.5, 0.6) is 0 Å². The molecule has 1 heterocycles. The van der Waals surface area contributed by atoms with Gasteiger partial charge in [-0.15, -0.1) is 0 Å². The zero-order valence-corrected chi connectivity index (χ0v) is 21.1. The average molecular weight is 506 g/mol. The van der Waals surface area contributed by atoms with Gasteiger partial charge in [0.2, 0.25) is 10.0 Å². The highest BCUT2D eigenvalue weighted by atomic mass is 32.2. The van der Waals surface area contributed by atoms with Crippen LogP contribution in [0.3, 0.4) is 0 Å². The molecule has 1 aliphatic heterocycles. The topological polar surface area (TPSA) is 127 Å². The number of sulfonamides is 1. The Morgan fingerprint density at radius 2 is 1.66 bits per heavy atom. The first-order valence-electron chi connectivity index (χ1n) is 11.7. The van der Waals surface area contributed by atoms with Crippen LogP contribution in [0, 0.1) is 0 Å². The molecule has 2 aromatic rings. The van der Waals surface area contributed by atoms with Gasteiger partial charge in [-0.05, 0) is 61.3 Å². The number of carboxylic acid groups (broad SMARTS) is 2. The summed E-state index contributed by atoms with van der Waals surface area (Å²) in [7, 11) is -3.47. The van der Waals surface area contributed by atoms with Gasteiger partial charge in [-0.25, -0.2) is 22.7 Å². The lowest BCUT2D eigenvalue weighted by atomic mass is 9.99. The third-order valence-electron chi connectivity index (χ3n) is 5.85. The molecule has 0 saturated carbocycles. The maximum atomic E-state index is 12.7. The molecule has 0 fully saturated rings. The minimum Gasteiger partial charge on any atom is -0.473 e. The van der Waals surface area contributed by atoms with Gasteiger partial charge in [0.25, 0.3) is 0 Å². The summed E-state index contributed by atoms with van der Waals surface area (Å²) in [4.78, 5) is 23.3. The Labute approximate surface area is 207 Å². The lowest BCUT2D eigenvalue weighted by Crippen LogP contribution is -2.31. The van der Waals surface area contributed by atoms with E-state index in [1.54, 1.807) is 6.07 Å². The van der Waals surface area contributed by atoms with E-state index in [0.717, 1.165) is 57.7 Å². The van der Waals surface area contributed by atoms with Crippen LogP contribution in [0.25, 0.3) is 0 Å². The molecule has 35 heavy (non-hydrogen) atoms. The fraction of sp³-hybridized carbons (Fsp3) is 0.440. The first kappa shape index (κ1) is 28.4. The molecular formula is C25H35N3O6S. The molecule has 0 atom stereocenters. The molecule has 0 aliphatic carbocycles. The van der Waals surface area contributed by atoms with Gasteiger partial charge in [0, 0.05) is 26.2 Å². The third kappa shape index (κ3) is 9.41. The van der Waals surface area contributed by atoms with E-state index in [0.29, 0.717) is 11.4 Å². The summed E-state index contributed by atoms with van der Waals surface area (Å²) in [5.74, 6) is -3.65. The maximum Gasteiger partial charge on any atom is 0.414 e. The van der Waals surface area contributed by atoms with E-state index in [-0.39, 0.29) is 0 Å². The standard InChI is InChI=1S/C23H33N3O2S.C2H2O4/c1-3-25(4-2)15-8-14-24-29(27,28)23-12-11-21-13-16-26(19-22(21)17-23)18-20-9-6-5-7-10-20;3-1(4)2(5)6/h5-7,9-12,17,24H,3-4,8,13-16,18-19H2,1-2H3;(H,3,4)(H,5,6). The first-order chi connectivity index (χ1) is 16.7. The quantitative estimate of drug-likeness (QED) is 0.332. The number of fused-ring (bicyclic) bond motifs is 1. The highest BCUT2D eigenvalue weighted by Gasteiger charge is 2.20. The number of carbonyl (C=O) groups is 2. The van der Waals surface area contributed by atoms with Gasteiger partial charge < -0.3 is 15.1 Å². The monoisotopic (exact) mass is 505 g/mol. The Kier molecular flexibility index (Phi) is 11.3. The molecule has 3 rings (SSSR count). The van der Waals surface area contributed by atoms with Crippen molar-refractivity contribution in [1.82, 2.24) is 14.5 Å². The van der Waals surface area contributed by atoms with Crippen molar-refractivity contribution in [3.05, 3.63) is 65.2 Å². The summed E-state index contributed by atoms with van der Waals surface area (Å²) in [6, 6.07) is 16.0. The fourth-order valence-corrected chi connectivity index (χ4v) is 4.99. The van der Waals surface area contributed by atoms with E-state index >= 15 is 0 Å². The number of hydrogen-bond donors (Lipinski definition) is 3.